The van der Waals surface area contributed by atoms with Crippen molar-refractivity contribution in [2.75, 3.05) is 20.1 Å². The molecule has 1 saturated carbocycles. The van der Waals surface area contributed by atoms with Gasteiger partial charge in [-0.1, -0.05) is 18.6 Å². The highest BCUT2D eigenvalue weighted by Gasteiger charge is 2.16. The minimum Gasteiger partial charge on any atom is -0.370 e. The summed E-state index contributed by atoms with van der Waals surface area (Å²) in [4.78, 5) is 15.9. The van der Waals surface area contributed by atoms with Crippen LogP contribution in [0.5, 0.6) is 0 Å². The molecule has 5 nitrogen and oxygen atoms in total. The van der Waals surface area contributed by atoms with E-state index < -0.39 is 0 Å². The third-order valence-electron chi connectivity index (χ3n) is 3.88. The van der Waals surface area contributed by atoms with Crippen molar-refractivity contribution in [1.29, 1.82) is 0 Å². The first-order valence-corrected chi connectivity index (χ1v) is 7.54. The van der Waals surface area contributed by atoms with Gasteiger partial charge in [0.05, 0.1) is 0 Å². The lowest BCUT2D eigenvalue weighted by atomic mass is 9.86. The van der Waals surface area contributed by atoms with Gasteiger partial charge >= 0.3 is 0 Å². The van der Waals surface area contributed by atoms with E-state index >= 15 is 0 Å². The molecule has 6 heteroatoms. The molecule has 1 aliphatic carbocycles. The summed E-state index contributed by atoms with van der Waals surface area (Å²) in [6, 6.07) is 7.62. The van der Waals surface area contributed by atoms with Crippen molar-refractivity contribution in [3.8, 4) is 0 Å². The Balaban J connectivity index is 0.00000242. The Bertz CT molecular complexity index is 515. The van der Waals surface area contributed by atoms with E-state index in [1.165, 1.54) is 19.3 Å². The second-order valence-electron chi connectivity index (χ2n) is 5.48. The summed E-state index contributed by atoms with van der Waals surface area (Å²) >= 11 is 0. The molecule has 1 aromatic rings. The number of guanidine groups is 1. The van der Waals surface area contributed by atoms with Gasteiger partial charge in [0, 0.05) is 25.7 Å². The molecule has 1 aromatic carbocycles. The Labute approximate surface area is 149 Å². The average molecular weight is 416 g/mol. The number of hydrogen-bond acceptors (Lipinski definition) is 2. The highest BCUT2D eigenvalue weighted by molar-refractivity contribution is 14.0. The highest BCUT2D eigenvalue weighted by atomic mass is 127. The predicted octanol–water partition coefficient (Wildman–Crippen LogP) is 1.91. The molecule has 1 amide bonds. The van der Waals surface area contributed by atoms with Crippen molar-refractivity contribution < 1.29 is 4.79 Å². The molecule has 1 fully saturated rings. The van der Waals surface area contributed by atoms with Crippen molar-refractivity contribution in [3.63, 3.8) is 0 Å². The van der Waals surface area contributed by atoms with Gasteiger partial charge in [-0.25, -0.2) is 0 Å². The summed E-state index contributed by atoms with van der Waals surface area (Å²) in [5, 5.41) is 5.75. The number of aliphatic imine (C=N–C) groups is 1. The monoisotopic (exact) mass is 416 g/mol. The van der Waals surface area contributed by atoms with Gasteiger partial charge in [-0.3, -0.25) is 9.79 Å². The molecule has 0 heterocycles. The number of hydrogen-bond donors (Lipinski definition) is 3. The number of benzene rings is 1. The van der Waals surface area contributed by atoms with Gasteiger partial charge in [-0.15, -0.1) is 24.0 Å². The maximum Gasteiger partial charge on any atom is 0.251 e. The Hall–Kier alpha value is -1.31. The molecule has 0 unspecified atom stereocenters. The van der Waals surface area contributed by atoms with Gasteiger partial charge in [-0.05, 0) is 42.9 Å². The SMILES string of the molecule is CNC(=O)c1cccc(CCNC(N)=NCC2CCC2)c1.I. The summed E-state index contributed by atoms with van der Waals surface area (Å²) in [5.74, 6) is 1.19. The summed E-state index contributed by atoms with van der Waals surface area (Å²) in [6.45, 7) is 1.56. The summed E-state index contributed by atoms with van der Waals surface area (Å²) in [7, 11) is 1.63. The van der Waals surface area contributed by atoms with E-state index in [2.05, 4.69) is 15.6 Å². The molecule has 0 radical (unpaired) electrons. The van der Waals surface area contributed by atoms with E-state index in [1.54, 1.807) is 7.05 Å². The standard InChI is InChI=1S/C16H24N4O.HI/c1-18-15(21)14-7-3-4-12(10-14)8-9-19-16(17)20-11-13-5-2-6-13;/h3-4,7,10,13H,2,5-6,8-9,11H2,1H3,(H,18,21)(H3,17,19,20);1H. The Kier molecular flexibility index (Phi) is 8.22. The molecule has 0 aliphatic heterocycles. The molecule has 0 saturated heterocycles. The molecule has 22 heavy (non-hydrogen) atoms. The lowest BCUT2D eigenvalue weighted by molar-refractivity contribution is 0.0963. The van der Waals surface area contributed by atoms with Gasteiger partial charge < -0.3 is 16.4 Å². The Morgan fingerprint density at radius 3 is 2.82 bits per heavy atom. The van der Waals surface area contributed by atoms with Crippen molar-refractivity contribution >= 4 is 35.8 Å². The van der Waals surface area contributed by atoms with E-state index in [0.29, 0.717) is 11.5 Å². The maximum absolute atomic E-state index is 11.6. The smallest absolute Gasteiger partial charge is 0.251 e. The van der Waals surface area contributed by atoms with Gasteiger partial charge in [0.2, 0.25) is 0 Å². The Morgan fingerprint density at radius 2 is 2.18 bits per heavy atom. The van der Waals surface area contributed by atoms with E-state index in [0.717, 1.165) is 31.0 Å². The second kappa shape index (κ2) is 9.66. The van der Waals surface area contributed by atoms with Crippen molar-refractivity contribution in [3.05, 3.63) is 35.4 Å². The van der Waals surface area contributed by atoms with Crippen LogP contribution in [0.25, 0.3) is 0 Å². The molecule has 122 valence electrons. The van der Waals surface area contributed by atoms with Gasteiger partial charge in [0.1, 0.15) is 0 Å². The zero-order valence-corrected chi connectivity index (χ0v) is 15.3. The number of amides is 1. The van der Waals surface area contributed by atoms with Gasteiger partial charge in [-0.2, -0.15) is 0 Å². The van der Waals surface area contributed by atoms with Crippen LogP contribution in [0.1, 0.15) is 35.2 Å². The van der Waals surface area contributed by atoms with Crippen LogP contribution in [-0.2, 0) is 6.42 Å². The molecule has 2 rings (SSSR count). The fraction of sp³-hybridized carbons (Fsp3) is 0.500. The second-order valence-corrected chi connectivity index (χ2v) is 5.48. The third kappa shape index (κ3) is 5.82. The largest absolute Gasteiger partial charge is 0.370 e. The number of rotatable bonds is 6. The number of carbonyl (C=O) groups excluding carboxylic acids is 1. The lowest BCUT2D eigenvalue weighted by Gasteiger charge is -2.23. The summed E-state index contributed by atoms with van der Waals surface area (Å²) in [6.07, 6.45) is 4.70. The molecule has 1 aliphatic rings. The van der Waals surface area contributed by atoms with E-state index in [9.17, 15) is 4.79 Å². The Morgan fingerprint density at radius 1 is 1.41 bits per heavy atom. The number of halogens is 1. The molecular weight excluding hydrogens is 391 g/mol. The van der Waals surface area contributed by atoms with E-state index in [-0.39, 0.29) is 29.9 Å². The first kappa shape index (κ1) is 18.7. The average Bonchev–Trinajstić information content (AvgIpc) is 2.45. The molecule has 0 atom stereocenters. The van der Waals surface area contributed by atoms with Gasteiger partial charge in [0.25, 0.3) is 5.91 Å². The zero-order valence-electron chi connectivity index (χ0n) is 13.0. The normalized spacial score (nSPS) is 14.7. The minimum absolute atomic E-state index is 0. The van der Waals surface area contributed by atoms with Crippen molar-refractivity contribution in [1.82, 2.24) is 10.6 Å². The summed E-state index contributed by atoms with van der Waals surface area (Å²) < 4.78 is 0. The fourth-order valence-corrected chi connectivity index (χ4v) is 2.31. The maximum atomic E-state index is 11.6. The third-order valence-corrected chi connectivity index (χ3v) is 3.88. The number of nitrogens with zero attached hydrogens (tertiary/aromatic N) is 1. The minimum atomic E-state index is -0.0635. The lowest BCUT2D eigenvalue weighted by Crippen LogP contribution is -2.34. The topological polar surface area (TPSA) is 79.5 Å². The number of nitrogens with two attached hydrogens (primary N) is 1. The summed E-state index contributed by atoms with van der Waals surface area (Å²) in [5.41, 5.74) is 7.63. The van der Waals surface area contributed by atoms with E-state index in [1.807, 2.05) is 24.3 Å². The molecular formula is C16H25IN4O. The zero-order chi connectivity index (χ0) is 15.1. The highest BCUT2D eigenvalue weighted by Crippen LogP contribution is 2.26. The first-order valence-electron chi connectivity index (χ1n) is 7.54. The van der Waals surface area contributed by atoms with Crippen LogP contribution in [0.15, 0.2) is 29.3 Å². The molecule has 0 spiro atoms. The van der Waals surface area contributed by atoms with E-state index in [4.69, 9.17) is 5.73 Å². The molecule has 0 bridgehead atoms. The predicted molar refractivity (Wildman–Crippen MR) is 101 cm³/mol. The first-order chi connectivity index (χ1) is 10.2. The van der Waals surface area contributed by atoms with Crippen LogP contribution in [-0.4, -0.2) is 32.0 Å². The molecule has 0 aromatic heterocycles. The van der Waals surface area contributed by atoms with Crippen LogP contribution < -0.4 is 16.4 Å². The number of nitrogens with one attached hydrogen (secondary N) is 2. The molecule has 4 N–H and O–H groups in total. The fourth-order valence-electron chi connectivity index (χ4n) is 2.31. The van der Waals surface area contributed by atoms with Crippen molar-refractivity contribution in [2.24, 2.45) is 16.6 Å². The quantitative estimate of drug-likeness (QED) is 0.377. The van der Waals surface area contributed by atoms with Crippen molar-refractivity contribution in [2.45, 2.75) is 25.7 Å². The van der Waals surface area contributed by atoms with Crippen LogP contribution in [0.4, 0.5) is 0 Å². The van der Waals surface area contributed by atoms with Gasteiger partial charge in [0.15, 0.2) is 5.96 Å². The number of carbonyl (C=O) groups is 1. The van der Waals surface area contributed by atoms with Crippen LogP contribution in [0.2, 0.25) is 0 Å². The van der Waals surface area contributed by atoms with Crippen LogP contribution in [0.3, 0.4) is 0 Å². The van der Waals surface area contributed by atoms with Crippen LogP contribution in [0, 0.1) is 5.92 Å². The van der Waals surface area contributed by atoms with Crippen LogP contribution >= 0.6 is 24.0 Å².